The highest BCUT2D eigenvalue weighted by Gasteiger charge is 2.20. The van der Waals surface area contributed by atoms with Crippen molar-refractivity contribution in [1.29, 1.82) is 0 Å². The Morgan fingerprint density at radius 3 is 3.00 bits per heavy atom. The second kappa shape index (κ2) is 5.31. The molecule has 98 valence electrons. The quantitative estimate of drug-likeness (QED) is 0.865. The summed E-state index contributed by atoms with van der Waals surface area (Å²) in [6.45, 7) is 0.823. The molecule has 18 heavy (non-hydrogen) atoms. The van der Waals surface area contributed by atoms with Gasteiger partial charge >= 0.3 is 0 Å². The van der Waals surface area contributed by atoms with E-state index in [9.17, 15) is 5.11 Å². The summed E-state index contributed by atoms with van der Waals surface area (Å²) in [5.74, 6) is 1.85. The van der Waals surface area contributed by atoms with Crippen molar-refractivity contribution in [3.8, 4) is 5.75 Å². The molecule has 1 fully saturated rings. The molecule has 1 saturated carbocycles. The monoisotopic (exact) mass is 246 g/mol. The third kappa shape index (κ3) is 2.69. The number of aliphatic hydroxyl groups is 1. The molecule has 2 aliphatic rings. The van der Waals surface area contributed by atoms with Crippen molar-refractivity contribution in [2.24, 2.45) is 5.92 Å². The fourth-order valence-corrected chi connectivity index (χ4v) is 2.96. The molecule has 3 rings (SSSR count). The number of rotatable bonds is 5. The van der Waals surface area contributed by atoms with Gasteiger partial charge in [0.25, 0.3) is 0 Å². The first kappa shape index (κ1) is 12.0. The molecular formula is C16H22O2. The second-order valence-electron chi connectivity index (χ2n) is 5.77. The molecule has 1 aromatic carbocycles. The fourth-order valence-electron chi connectivity index (χ4n) is 2.96. The van der Waals surface area contributed by atoms with Gasteiger partial charge in [-0.15, -0.1) is 0 Å². The lowest BCUT2D eigenvalue weighted by molar-refractivity contribution is 0.110. The first-order chi connectivity index (χ1) is 8.81. The minimum atomic E-state index is -0.111. The van der Waals surface area contributed by atoms with E-state index in [0.717, 1.165) is 44.0 Å². The Hall–Kier alpha value is -1.02. The zero-order valence-corrected chi connectivity index (χ0v) is 10.9. The number of ether oxygens (including phenoxy) is 1. The van der Waals surface area contributed by atoms with Gasteiger partial charge in [0.15, 0.2) is 0 Å². The Balaban J connectivity index is 1.50. The van der Waals surface area contributed by atoms with Crippen molar-refractivity contribution >= 4 is 0 Å². The highest BCUT2D eigenvalue weighted by Crippen LogP contribution is 2.31. The van der Waals surface area contributed by atoms with Gasteiger partial charge < -0.3 is 9.84 Å². The number of benzene rings is 1. The van der Waals surface area contributed by atoms with E-state index in [0.29, 0.717) is 0 Å². The largest absolute Gasteiger partial charge is 0.493 e. The topological polar surface area (TPSA) is 29.5 Å². The number of hydrogen-bond donors (Lipinski definition) is 1. The predicted octanol–water partition coefficient (Wildman–Crippen LogP) is 3.11. The molecule has 0 radical (unpaired) electrons. The molecule has 1 heterocycles. The summed E-state index contributed by atoms with van der Waals surface area (Å²) in [6, 6.07) is 6.47. The fraction of sp³-hybridized carbons (Fsp3) is 0.625. The summed E-state index contributed by atoms with van der Waals surface area (Å²) >= 11 is 0. The lowest BCUT2D eigenvalue weighted by Crippen LogP contribution is -2.19. The van der Waals surface area contributed by atoms with E-state index in [1.807, 2.05) is 0 Å². The van der Waals surface area contributed by atoms with E-state index >= 15 is 0 Å². The first-order valence-corrected chi connectivity index (χ1v) is 7.24. The maximum atomic E-state index is 10.0. The van der Waals surface area contributed by atoms with E-state index in [4.69, 9.17) is 4.74 Å². The van der Waals surface area contributed by atoms with E-state index in [1.165, 1.54) is 30.4 Å². The SMILES string of the molecule is OC(CCc1ccc2c(c1)CCO2)CC1CCC1. The average Bonchev–Trinajstić information content (AvgIpc) is 2.78. The first-order valence-electron chi connectivity index (χ1n) is 7.24. The van der Waals surface area contributed by atoms with Crippen molar-refractivity contribution in [3.63, 3.8) is 0 Å². The predicted molar refractivity (Wildman–Crippen MR) is 71.9 cm³/mol. The van der Waals surface area contributed by atoms with Crippen LogP contribution in [0.2, 0.25) is 0 Å². The highest BCUT2D eigenvalue weighted by molar-refractivity contribution is 5.39. The van der Waals surface area contributed by atoms with Gasteiger partial charge in [0.2, 0.25) is 0 Å². The van der Waals surface area contributed by atoms with Crippen LogP contribution in [0.15, 0.2) is 18.2 Å². The van der Waals surface area contributed by atoms with E-state index in [1.54, 1.807) is 0 Å². The summed E-state index contributed by atoms with van der Waals surface area (Å²) < 4.78 is 5.50. The summed E-state index contributed by atoms with van der Waals surface area (Å²) in [6.07, 6.45) is 7.83. The van der Waals surface area contributed by atoms with Gasteiger partial charge in [-0.25, -0.2) is 0 Å². The molecule has 1 aromatic rings. The standard InChI is InChI=1S/C16H22O2/c17-15(11-12-2-1-3-12)6-4-13-5-7-16-14(10-13)8-9-18-16/h5,7,10,12,15,17H,1-4,6,8-9,11H2. The number of aliphatic hydroxyl groups excluding tert-OH is 1. The van der Waals surface area contributed by atoms with Crippen LogP contribution >= 0.6 is 0 Å². The molecule has 0 saturated heterocycles. The van der Waals surface area contributed by atoms with Gasteiger partial charge in [0, 0.05) is 6.42 Å². The normalized spacial score (nSPS) is 20.1. The molecule has 0 amide bonds. The van der Waals surface area contributed by atoms with E-state index < -0.39 is 0 Å². The van der Waals surface area contributed by atoms with Crippen LogP contribution in [0.25, 0.3) is 0 Å². The maximum Gasteiger partial charge on any atom is 0.122 e. The molecular weight excluding hydrogens is 224 g/mol. The number of hydrogen-bond acceptors (Lipinski definition) is 2. The summed E-state index contributed by atoms with van der Waals surface area (Å²) in [5.41, 5.74) is 2.67. The minimum Gasteiger partial charge on any atom is -0.493 e. The van der Waals surface area contributed by atoms with Crippen molar-refractivity contribution in [2.75, 3.05) is 6.61 Å². The Bertz CT molecular complexity index is 410. The van der Waals surface area contributed by atoms with Crippen LogP contribution in [0.5, 0.6) is 5.75 Å². The smallest absolute Gasteiger partial charge is 0.122 e. The molecule has 1 atom stereocenters. The second-order valence-corrected chi connectivity index (χ2v) is 5.77. The Kier molecular flexibility index (Phi) is 3.55. The van der Waals surface area contributed by atoms with Gasteiger partial charge in [0.1, 0.15) is 5.75 Å². The van der Waals surface area contributed by atoms with E-state index in [-0.39, 0.29) is 6.10 Å². The van der Waals surface area contributed by atoms with Crippen LogP contribution in [0.1, 0.15) is 43.2 Å². The number of aryl methyl sites for hydroxylation is 1. The van der Waals surface area contributed by atoms with Crippen molar-refractivity contribution in [2.45, 2.75) is 51.0 Å². The van der Waals surface area contributed by atoms with Crippen LogP contribution in [0.4, 0.5) is 0 Å². The van der Waals surface area contributed by atoms with E-state index in [2.05, 4.69) is 18.2 Å². The van der Waals surface area contributed by atoms with Crippen molar-refractivity contribution in [1.82, 2.24) is 0 Å². The molecule has 1 unspecified atom stereocenters. The summed E-state index contributed by atoms with van der Waals surface area (Å²) in [4.78, 5) is 0. The van der Waals surface area contributed by atoms with Crippen LogP contribution in [0.3, 0.4) is 0 Å². The maximum absolute atomic E-state index is 10.0. The summed E-state index contributed by atoms with van der Waals surface area (Å²) in [5, 5.41) is 10.0. The van der Waals surface area contributed by atoms with Crippen LogP contribution < -0.4 is 4.74 Å². The zero-order chi connectivity index (χ0) is 12.4. The Labute approximate surface area is 109 Å². The third-order valence-corrected chi connectivity index (χ3v) is 4.35. The molecule has 0 aromatic heterocycles. The van der Waals surface area contributed by atoms with Gasteiger partial charge in [-0.05, 0) is 42.4 Å². The lowest BCUT2D eigenvalue weighted by atomic mass is 9.80. The van der Waals surface area contributed by atoms with Gasteiger partial charge in [-0.1, -0.05) is 31.4 Å². The van der Waals surface area contributed by atoms with Crippen LogP contribution in [-0.4, -0.2) is 17.8 Å². The average molecular weight is 246 g/mol. The Morgan fingerprint density at radius 2 is 2.22 bits per heavy atom. The van der Waals surface area contributed by atoms with Crippen LogP contribution in [0, 0.1) is 5.92 Å². The molecule has 2 nitrogen and oxygen atoms in total. The number of fused-ring (bicyclic) bond motifs is 1. The molecule has 0 spiro atoms. The molecule has 1 N–H and O–H groups in total. The molecule has 2 heteroatoms. The van der Waals surface area contributed by atoms with Gasteiger partial charge in [0.05, 0.1) is 12.7 Å². The van der Waals surface area contributed by atoms with Crippen molar-refractivity contribution in [3.05, 3.63) is 29.3 Å². The highest BCUT2D eigenvalue weighted by atomic mass is 16.5. The zero-order valence-electron chi connectivity index (χ0n) is 10.9. The van der Waals surface area contributed by atoms with Gasteiger partial charge in [-0.2, -0.15) is 0 Å². The van der Waals surface area contributed by atoms with Crippen molar-refractivity contribution < 1.29 is 9.84 Å². The molecule has 0 bridgehead atoms. The minimum absolute atomic E-state index is 0.111. The van der Waals surface area contributed by atoms with Gasteiger partial charge in [-0.3, -0.25) is 0 Å². The third-order valence-electron chi connectivity index (χ3n) is 4.35. The molecule has 1 aliphatic heterocycles. The molecule has 1 aliphatic carbocycles. The summed E-state index contributed by atoms with van der Waals surface area (Å²) in [7, 11) is 0. The lowest BCUT2D eigenvalue weighted by Gasteiger charge is -2.27. The van der Waals surface area contributed by atoms with Crippen LogP contribution in [-0.2, 0) is 12.8 Å². The Morgan fingerprint density at radius 1 is 1.33 bits per heavy atom.